The maximum atomic E-state index is 12.2. The van der Waals surface area contributed by atoms with Gasteiger partial charge in [-0.3, -0.25) is 9.59 Å². The van der Waals surface area contributed by atoms with Gasteiger partial charge in [-0.05, 0) is 25.3 Å². The molecule has 0 bridgehead atoms. The predicted octanol–water partition coefficient (Wildman–Crippen LogP) is 3.22. The largest absolute Gasteiger partial charge is 0.483 e. The number of nitrogens with zero attached hydrogens (tertiary/aromatic N) is 2. The Morgan fingerprint density at radius 2 is 2.16 bits per heavy atom. The molecule has 0 aliphatic heterocycles. The Balaban J connectivity index is 1.75. The molecule has 0 aliphatic carbocycles. The fourth-order valence-corrected chi connectivity index (χ4v) is 4.28. The van der Waals surface area contributed by atoms with Gasteiger partial charge in [-0.15, -0.1) is 22.7 Å². The Bertz CT molecular complexity index is 931. The number of carbonyl (C=O) groups is 2. The first-order chi connectivity index (χ1) is 12.0. The van der Waals surface area contributed by atoms with Gasteiger partial charge >= 0.3 is 5.97 Å². The molecule has 0 fully saturated rings. The minimum absolute atomic E-state index is 0.0863. The summed E-state index contributed by atoms with van der Waals surface area (Å²) >= 11 is 3.20. The lowest BCUT2D eigenvalue weighted by atomic mass is 10.2. The van der Waals surface area contributed by atoms with Crippen LogP contribution in [0.25, 0.3) is 20.3 Å². The SMILES string of the molecule is CCOC(=O)CN(C)C(=O)COc1cc2sc(C)nc2c2sccc12. The molecule has 0 atom stereocenters. The lowest BCUT2D eigenvalue weighted by Crippen LogP contribution is -2.36. The molecule has 1 aromatic carbocycles. The summed E-state index contributed by atoms with van der Waals surface area (Å²) in [5, 5.41) is 3.93. The number of rotatable bonds is 6. The quantitative estimate of drug-likeness (QED) is 0.616. The van der Waals surface area contributed by atoms with Crippen molar-refractivity contribution in [2.45, 2.75) is 13.8 Å². The van der Waals surface area contributed by atoms with Crippen molar-refractivity contribution in [3.05, 3.63) is 22.5 Å². The fraction of sp³-hybridized carbons (Fsp3) is 0.353. The lowest BCUT2D eigenvalue weighted by Gasteiger charge is -2.16. The number of aryl methyl sites for hydroxylation is 1. The van der Waals surface area contributed by atoms with Gasteiger partial charge < -0.3 is 14.4 Å². The number of thiazole rings is 1. The van der Waals surface area contributed by atoms with Crippen molar-refractivity contribution >= 4 is 54.9 Å². The van der Waals surface area contributed by atoms with Gasteiger partial charge in [-0.1, -0.05) is 0 Å². The van der Waals surface area contributed by atoms with Crippen molar-refractivity contribution in [3.8, 4) is 5.75 Å². The van der Waals surface area contributed by atoms with Crippen LogP contribution < -0.4 is 4.74 Å². The number of ether oxygens (including phenoxy) is 2. The Kier molecular flexibility index (Phi) is 5.19. The number of likely N-dealkylation sites (N-methyl/N-ethyl adjacent to an activating group) is 1. The molecular formula is C17H18N2O4S2. The van der Waals surface area contributed by atoms with Gasteiger partial charge in [0.05, 0.1) is 26.5 Å². The number of hydrogen-bond acceptors (Lipinski definition) is 7. The van der Waals surface area contributed by atoms with Gasteiger partial charge in [0.15, 0.2) is 6.61 Å². The maximum Gasteiger partial charge on any atom is 0.325 e. The molecule has 3 rings (SSSR count). The standard InChI is InChI=1S/C17H18N2O4S2/c1-4-22-15(21)8-19(3)14(20)9-23-12-7-13-16(18-10(2)25-13)17-11(12)5-6-24-17/h5-7H,4,8-9H2,1-3H3. The second kappa shape index (κ2) is 7.37. The van der Waals surface area contributed by atoms with E-state index in [4.69, 9.17) is 9.47 Å². The van der Waals surface area contributed by atoms with Gasteiger partial charge in [-0.2, -0.15) is 0 Å². The Morgan fingerprint density at radius 1 is 1.36 bits per heavy atom. The normalized spacial score (nSPS) is 11.0. The highest BCUT2D eigenvalue weighted by Crippen LogP contribution is 2.38. The van der Waals surface area contributed by atoms with E-state index < -0.39 is 5.97 Å². The zero-order valence-corrected chi connectivity index (χ0v) is 15.8. The monoisotopic (exact) mass is 378 g/mol. The zero-order valence-electron chi connectivity index (χ0n) is 14.2. The molecule has 2 heterocycles. The van der Waals surface area contributed by atoms with Crippen LogP contribution in [-0.4, -0.2) is 48.6 Å². The second-order valence-corrected chi connectivity index (χ2v) is 7.61. The minimum atomic E-state index is -0.430. The van der Waals surface area contributed by atoms with Crippen LogP contribution >= 0.6 is 22.7 Å². The molecule has 0 saturated carbocycles. The average molecular weight is 378 g/mol. The van der Waals surface area contributed by atoms with Crippen molar-refractivity contribution in [1.29, 1.82) is 0 Å². The van der Waals surface area contributed by atoms with Gasteiger partial charge in [-0.25, -0.2) is 4.98 Å². The number of aromatic nitrogens is 1. The highest BCUT2D eigenvalue weighted by Gasteiger charge is 2.17. The van der Waals surface area contributed by atoms with E-state index in [9.17, 15) is 9.59 Å². The van der Waals surface area contributed by atoms with Crippen LogP contribution in [0.15, 0.2) is 17.5 Å². The summed E-state index contributed by atoms with van der Waals surface area (Å²) in [6.45, 7) is 3.77. The van der Waals surface area contributed by atoms with Crippen molar-refractivity contribution in [2.24, 2.45) is 0 Å². The third-order valence-electron chi connectivity index (χ3n) is 3.62. The molecule has 132 valence electrons. The van der Waals surface area contributed by atoms with Crippen LogP contribution in [-0.2, 0) is 14.3 Å². The van der Waals surface area contributed by atoms with Crippen LogP contribution in [0.4, 0.5) is 0 Å². The fourth-order valence-electron chi connectivity index (χ4n) is 2.44. The molecule has 25 heavy (non-hydrogen) atoms. The van der Waals surface area contributed by atoms with E-state index in [1.165, 1.54) is 4.90 Å². The molecule has 8 heteroatoms. The smallest absolute Gasteiger partial charge is 0.325 e. The summed E-state index contributed by atoms with van der Waals surface area (Å²) in [4.78, 5) is 29.5. The summed E-state index contributed by atoms with van der Waals surface area (Å²) in [5.74, 6) is -0.0533. The molecule has 0 N–H and O–H groups in total. The molecule has 0 aliphatic rings. The first-order valence-corrected chi connectivity index (χ1v) is 9.49. The van der Waals surface area contributed by atoms with E-state index in [-0.39, 0.29) is 19.1 Å². The number of fused-ring (bicyclic) bond motifs is 3. The number of carbonyl (C=O) groups excluding carboxylic acids is 2. The first-order valence-electron chi connectivity index (χ1n) is 7.79. The lowest BCUT2D eigenvalue weighted by molar-refractivity contribution is -0.148. The highest BCUT2D eigenvalue weighted by molar-refractivity contribution is 7.21. The third-order valence-corrected chi connectivity index (χ3v) is 5.46. The molecule has 2 aromatic heterocycles. The summed E-state index contributed by atoms with van der Waals surface area (Å²) in [7, 11) is 1.55. The maximum absolute atomic E-state index is 12.2. The van der Waals surface area contributed by atoms with Crippen molar-refractivity contribution < 1.29 is 19.1 Å². The number of amides is 1. The molecule has 6 nitrogen and oxygen atoms in total. The molecule has 3 aromatic rings. The van der Waals surface area contributed by atoms with Gasteiger partial charge in [0.25, 0.3) is 5.91 Å². The van der Waals surface area contributed by atoms with E-state index in [1.54, 1.807) is 36.6 Å². The molecule has 0 saturated heterocycles. The predicted molar refractivity (Wildman–Crippen MR) is 99.5 cm³/mol. The number of benzene rings is 1. The van der Waals surface area contributed by atoms with Crippen LogP contribution in [0.2, 0.25) is 0 Å². The van der Waals surface area contributed by atoms with Gasteiger partial charge in [0.1, 0.15) is 12.3 Å². The van der Waals surface area contributed by atoms with Crippen molar-refractivity contribution in [2.75, 3.05) is 26.8 Å². The molecule has 0 unspecified atom stereocenters. The molecule has 0 spiro atoms. The Labute approximate surface area is 153 Å². The van der Waals surface area contributed by atoms with Crippen molar-refractivity contribution in [3.63, 3.8) is 0 Å². The summed E-state index contributed by atoms with van der Waals surface area (Å²) < 4.78 is 12.7. The third kappa shape index (κ3) is 3.74. The average Bonchev–Trinajstić information content (AvgIpc) is 3.17. The number of hydrogen-bond donors (Lipinski definition) is 0. The summed E-state index contributed by atoms with van der Waals surface area (Å²) in [6, 6.07) is 3.89. The van der Waals surface area contributed by atoms with E-state index in [2.05, 4.69) is 4.98 Å². The highest BCUT2D eigenvalue weighted by atomic mass is 32.1. The first kappa shape index (κ1) is 17.6. The number of esters is 1. The number of thiophene rings is 1. The Hall–Kier alpha value is -2.19. The van der Waals surface area contributed by atoms with Crippen LogP contribution in [0.5, 0.6) is 5.75 Å². The van der Waals surface area contributed by atoms with Gasteiger partial charge in [0.2, 0.25) is 0 Å². The van der Waals surface area contributed by atoms with E-state index >= 15 is 0 Å². The van der Waals surface area contributed by atoms with Crippen LogP contribution in [0.3, 0.4) is 0 Å². The zero-order chi connectivity index (χ0) is 18.0. The van der Waals surface area contributed by atoms with Crippen LogP contribution in [0.1, 0.15) is 11.9 Å². The minimum Gasteiger partial charge on any atom is -0.483 e. The summed E-state index contributed by atoms with van der Waals surface area (Å²) in [5.41, 5.74) is 0.977. The van der Waals surface area contributed by atoms with E-state index in [1.807, 2.05) is 24.4 Å². The van der Waals surface area contributed by atoms with Crippen molar-refractivity contribution in [1.82, 2.24) is 9.88 Å². The summed E-state index contributed by atoms with van der Waals surface area (Å²) in [6.07, 6.45) is 0. The molecule has 1 amide bonds. The topological polar surface area (TPSA) is 68.7 Å². The Morgan fingerprint density at radius 3 is 2.92 bits per heavy atom. The molecule has 0 radical (unpaired) electrons. The van der Waals surface area contributed by atoms with Crippen LogP contribution in [0, 0.1) is 6.92 Å². The molecular weight excluding hydrogens is 360 g/mol. The van der Waals surface area contributed by atoms with Gasteiger partial charge in [0, 0.05) is 18.5 Å². The second-order valence-electron chi connectivity index (χ2n) is 5.46. The van der Waals surface area contributed by atoms with E-state index in [0.29, 0.717) is 12.4 Å². The van der Waals surface area contributed by atoms with E-state index in [0.717, 1.165) is 25.3 Å².